The molecule has 0 bridgehead atoms. The Kier molecular flexibility index (Phi) is 2.32. The van der Waals surface area contributed by atoms with E-state index >= 15 is 0 Å². The summed E-state index contributed by atoms with van der Waals surface area (Å²) in [6.45, 7) is 0. The number of rotatable bonds is 3. The molecular weight excluding hydrogens is 200 g/mol. The molecule has 0 aromatic carbocycles. The first-order valence-electron chi connectivity index (χ1n) is 3.99. The molecule has 0 saturated heterocycles. The highest BCUT2D eigenvalue weighted by Crippen LogP contribution is 2.27. The maximum absolute atomic E-state index is 10.4. The van der Waals surface area contributed by atoms with Crippen LogP contribution in [0.15, 0.2) is 24.5 Å². The van der Waals surface area contributed by atoms with Crippen molar-refractivity contribution in [2.24, 2.45) is 7.05 Å². The van der Waals surface area contributed by atoms with Crippen LogP contribution in [0, 0.1) is 0 Å². The number of hydrogen-bond acceptors (Lipinski definition) is 4. The Morgan fingerprint density at radius 3 is 3.00 bits per heavy atom. The van der Waals surface area contributed by atoms with Crippen molar-refractivity contribution in [3.63, 3.8) is 0 Å². The van der Waals surface area contributed by atoms with Crippen molar-refractivity contribution >= 4 is 17.6 Å². The van der Waals surface area contributed by atoms with Gasteiger partial charge in [0, 0.05) is 7.05 Å². The summed E-state index contributed by atoms with van der Waals surface area (Å²) in [5, 5.41) is 4.66. The van der Waals surface area contributed by atoms with Crippen LogP contribution in [-0.2, 0) is 7.05 Å². The highest BCUT2D eigenvalue weighted by molar-refractivity contribution is 7.15. The van der Waals surface area contributed by atoms with Gasteiger partial charge in [0.1, 0.15) is 0 Å². The van der Waals surface area contributed by atoms with E-state index in [0.717, 1.165) is 6.29 Å². The summed E-state index contributed by atoms with van der Waals surface area (Å²) < 4.78 is 7.11. The first-order chi connectivity index (χ1) is 6.78. The minimum atomic E-state index is 0.656. The van der Waals surface area contributed by atoms with Crippen molar-refractivity contribution in [3.8, 4) is 10.8 Å². The average Bonchev–Trinajstić information content (AvgIpc) is 2.76. The van der Waals surface area contributed by atoms with E-state index in [0.29, 0.717) is 15.7 Å². The summed E-state index contributed by atoms with van der Waals surface area (Å²) in [6.07, 6.45) is 4.20. The zero-order chi connectivity index (χ0) is 9.97. The molecule has 0 fully saturated rings. The van der Waals surface area contributed by atoms with Crippen LogP contribution in [-0.4, -0.2) is 16.1 Å². The lowest BCUT2D eigenvalue weighted by Crippen LogP contribution is -1.84. The second-order valence-corrected chi connectivity index (χ2v) is 3.80. The van der Waals surface area contributed by atoms with Crippen LogP contribution in [0.25, 0.3) is 0 Å². The summed E-state index contributed by atoms with van der Waals surface area (Å²) in [4.78, 5) is 11.1. The topological polar surface area (TPSA) is 44.1 Å². The quantitative estimate of drug-likeness (QED) is 0.725. The van der Waals surface area contributed by atoms with E-state index in [1.807, 2.05) is 7.05 Å². The van der Waals surface area contributed by atoms with Gasteiger partial charge in [-0.15, -0.1) is 0 Å². The third-order valence-corrected chi connectivity index (χ3v) is 2.51. The van der Waals surface area contributed by atoms with Crippen molar-refractivity contribution in [2.45, 2.75) is 0 Å². The standard InChI is InChI=1S/C9H8N2O2S/c1-11-5-7(4-10-11)13-9-3-2-8(6-12)14-9/h2-6H,1H3. The van der Waals surface area contributed by atoms with Gasteiger partial charge >= 0.3 is 0 Å². The predicted octanol–water partition coefficient (Wildman–Crippen LogP) is 2.09. The molecule has 0 amide bonds. The number of carbonyl (C=O) groups is 1. The molecule has 0 saturated carbocycles. The molecule has 0 unspecified atom stereocenters. The van der Waals surface area contributed by atoms with Crippen molar-refractivity contribution < 1.29 is 9.53 Å². The minimum Gasteiger partial charge on any atom is -0.443 e. The molecule has 0 N–H and O–H groups in total. The van der Waals surface area contributed by atoms with Crippen LogP contribution in [0.2, 0.25) is 0 Å². The first-order valence-corrected chi connectivity index (χ1v) is 4.81. The molecule has 2 rings (SSSR count). The molecule has 0 radical (unpaired) electrons. The van der Waals surface area contributed by atoms with Crippen LogP contribution in [0.4, 0.5) is 0 Å². The molecule has 14 heavy (non-hydrogen) atoms. The van der Waals surface area contributed by atoms with E-state index in [4.69, 9.17) is 4.74 Å². The molecule has 2 heterocycles. The number of carbonyl (C=O) groups excluding carboxylic acids is 1. The highest BCUT2D eigenvalue weighted by atomic mass is 32.1. The third-order valence-electron chi connectivity index (χ3n) is 1.62. The number of nitrogens with zero attached hydrogens (tertiary/aromatic N) is 2. The van der Waals surface area contributed by atoms with E-state index in [9.17, 15) is 4.79 Å². The van der Waals surface area contributed by atoms with E-state index < -0.39 is 0 Å². The van der Waals surface area contributed by atoms with Crippen LogP contribution in [0.3, 0.4) is 0 Å². The number of thiophene rings is 1. The average molecular weight is 208 g/mol. The normalized spacial score (nSPS) is 10.1. The Morgan fingerprint density at radius 2 is 2.43 bits per heavy atom. The number of aromatic nitrogens is 2. The Bertz CT molecular complexity index is 447. The molecule has 0 atom stereocenters. The summed E-state index contributed by atoms with van der Waals surface area (Å²) in [5.41, 5.74) is 0. The van der Waals surface area contributed by atoms with Gasteiger partial charge in [-0.3, -0.25) is 9.48 Å². The van der Waals surface area contributed by atoms with Gasteiger partial charge in [0.2, 0.25) is 0 Å². The summed E-state index contributed by atoms with van der Waals surface area (Å²) >= 11 is 1.31. The molecule has 72 valence electrons. The molecule has 0 aliphatic rings. The lowest BCUT2D eigenvalue weighted by atomic mass is 10.5. The monoisotopic (exact) mass is 208 g/mol. The highest BCUT2D eigenvalue weighted by Gasteiger charge is 2.02. The van der Waals surface area contributed by atoms with Gasteiger partial charge in [0.05, 0.1) is 17.3 Å². The van der Waals surface area contributed by atoms with E-state index in [2.05, 4.69) is 5.10 Å². The fourth-order valence-electron chi connectivity index (χ4n) is 1.02. The Labute approximate surface area is 84.7 Å². The zero-order valence-corrected chi connectivity index (χ0v) is 8.32. The maximum Gasteiger partial charge on any atom is 0.181 e. The van der Waals surface area contributed by atoms with Crippen LogP contribution >= 0.6 is 11.3 Å². The predicted molar refractivity (Wildman–Crippen MR) is 53.0 cm³/mol. The lowest BCUT2D eigenvalue weighted by molar-refractivity contribution is 0.112. The Hall–Kier alpha value is -1.62. The zero-order valence-electron chi connectivity index (χ0n) is 7.51. The first kappa shape index (κ1) is 8.96. The Morgan fingerprint density at radius 1 is 1.57 bits per heavy atom. The molecule has 4 nitrogen and oxygen atoms in total. The molecule has 2 aromatic rings. The van der Waals surface area contributed by atoms with E-state index in [1.165, 1.54) is 11.3 Å². The second kappa shape index (κ2) is 3.63. The van der Waals surface area contributed by atoms with Crippen LogP contribution < -0.4 is 4.74 Å². The number of aryl methyl sites for hydroxylation is 1. The smallest absolute Gasteiger partial charge is 0.181 e. The molecule has 5 heteroatoms. The van der Waals surface area contributed by atoms with Gasteiger partial charge in [0.15, 0.2) is 17.1 Å². The van der Waals surface area contributed by atoms with Crippen molar-refractivity contribution in [2.75, 3.05) is 0 Å². The third kappa shape index (κ3) is 1.82. The SMILES string of the molecule is Cn1cc(Oc2ccc(C=O)s2)cn1. The van der Waals surface area contributed by atoms with Gasteiger partial charge in [-0.25, -0.2) is 0 Å². The summed E-state index contributed by atoms with van der Waals surface area (Å²) in [5.74, 6) is 0.673. The molecule has 0 aliphatic carbocycles. The number of hydrogen-bond donors (Lipinski definition) is 0. The van der Waals surface area contributed by atoms with E-state index in [-0.39, 0.29) is 0 Å². The van der Waals surface area contributed by atoms with Gasteiger partial charge in [-0.05, 0) is 12.1 Å². The fourth-order valence-corrected chi connectivity index (χ4v) is 1.71. The van der Waals surface area contributed by atoms with Crippen LogP contribution in [0.1, 0.15) is 9.67 Å². The minimum absolute atomic E-state index is 0.656. The van der Waals surface area contributed by atoms with Crippen molar-refractivity contribution in [1.29, 1.82) is 0 Å². The second-order valence-electron chi connectivity index (χ2n) is 2.73. The number of ether oxygens (including phenoxy) is 1. The van der Waals surface area contributed by atoms with Gasteiger partial charge in [-0.2, -0.15) is 5.10 Å². The summed E-state index contributed by atoms with van der Waals surface area (Å²) in [7, 11) is 1.82. The van der Waals surface area contributed by atoms with Crippen LogP contribution in [0.5, 0.6) is 10.8 Å². The van der Waals surface area contributed by atoms with E-state index in [1.54, 1.807) is 29.2 Å². The largest absolute Gasteiger partial charge is 0.443 e. The lowest BCUT2D eigenvalue weighted by Gasteiger charge is -1.95. The molecule has 2 aromatic heterocycles. The molecular formula is C9H8N2O2S. The fraction of sp³-hybridized carbons (Fsp3) is 0.111. The Balaban J connectivity index is 2.14. The molecule has 0 aliphatic heterocycles. The molecule has 0 spiro atoms. The number of aldehydes is 1. The summed E-state index contributed by atoms with van der Waals surface area (Å²) in [6, 6.07) is 3.49. The van der Waals surface area contributed by atoms with Gasteiger partial charge in [0.25, 0.3) is 0 Å². The van der Waals surface area contributed by atoms with Crippen molar-refractivity contribution in [3.05, 3.63) is 29.4 Å². The van der Waals surface area contributed by atoms with Gasteiger partial charge < -0.3 is 4.74 Å². The van der Waals surface area contributed by atoms with Gasteiger partial charge in [-0.1, -0.05) is 11.3 Å². The maximum atomic E-state index is 10.4. The van der Waals surface area contributed by atoms with Crippen molar-refractivity contribution in [1.82, 2.24) is 9.78 Å².